The van der Waals surface area contributed by atoms with E-state index in [2.05, 4.69) is 21.2 Å². The number of benzene rings is 1. The number of rotatable bonds is 3. The lowest BCUT2D eigenvalue weighted by molar-refractivity contribution is -0.117. The van der Waals surface area contributed by atoms with E-state index >= 15 is 0 Å². The molecule has 1 unspecified atom stereocenters. The number of nitrogens with one attached hydrogen (secondary N) is 1. The van der Waals surface area contributed by atoms with Crippen molar-refractivity contribution in [3.05, 3.63) is 28.5 Å². The highest BCUT2D eigenvalue weighted by molar-refractivity contribution is 9.10. The van der Waals surface area contributed by atoms with Crippen LogP contribution in [0.25, 0.3) is 0 Å². The highest BCUT2D eigenvalue weighted by Gasteiger charge is 2.32. The van der Waals surface area contributed by atoms with E-state index in [4.69, 9.17) is 0 Å². The first-order valence-electron chi connectivity index (χ1n) is 6.05. The smallest absolute Gasteiger partial charge is 0.238 e. The van der Waals surface area contributed by atoms with Crippen LogP contribution in [0.4, 0.5) is 10.1 Å². The lowest BCUT2D eigenvalue weighted by atomic mass is 10.1. The van der Waals surface area contributed by atoms with E-state index in [1.165, 1.54) is 12.1 Å². The van der Waals surface area contributed by atoms with Gasteiger partial charge >= 0.3 is 0 Å². The SMILES string of the molecule is CC1(O)CCN(CC(=O)Nc2ccc(Br)cc2F)C1. The number of aliphatic hydroxyl groups is 1. The third kappa shape index (κ3) is 3.99. The van der Waals surface area contributed by atoms with Crippen molar-refractivity contribution < 1.29 is 14.3 Å². The molecule has 1 atom stereocenters. The molecule has 1 aliphatic heterocycles. The Morgan fingerprint density at radius 2 is 2.37 bits per heavy atom. The molecule has 1 saturated heterocycles. The van der Waals surface area contributed by atoms with E-state index in [0.29, 0.717) is 24.0 Å². The summed E-state index contributed by atoms with van der Waals surface area (Å²) in [5.74, 6) is -0.755. The van der Waals surface area contributed by atoms with Crippen LogP contribution in [0, 0.1) is 5.82 Å². The fraction of sp³-hybridized carbons (Fsp3) is 0.462. The molecule has 6 heteroatoms. The van der Waals surface area contributed by atoms with Crippen molar-refractivity contribution in [1.82, 2.24) is 4.90 Å². The molecular weight excluding hydrogens is 315 g/mol. The minimum atomic E-state index is -0.733. The molecule has 0 radical (unpaired) electrons. The lowest BCUT2D eigenvalue weighted by Gasteiger charge is -2.18. The van der Waals surface area contributed by atoms with Crippen LogP contribution in [0.5, 0.6) is 0 Å². The van der Waals surface area contributed by atoms with E-state index < -0.39 is 11.4 Å². The van der Waals surface area contributed by atoms with Crippen LogP contribution >= 0.6 is 15.9 Å². The number of hydrogen-bond acceptors (Lipinski definition) is 3. The van der Waals surface area contributed by atoms with Gasteiger partial charge in [-0.05, 0) is 31.5 Å². The van der Waals surface area contributed by atoms with Crippen LogP contribution < -0.4 is 5.32 Å². The first-order valence-corrected chi connectivity index (χ1v) is 6.85. The second-order valence-electron chi connectivity index (χ2n) is 5.13. The van der Waals surface area contributed by atoms with E-state index in [0.717, 1.165) is 0 Å². The maximum atomic E-state index is 13.5. The molecule has 1 heterocycles. The average Bonchev–Trinajstić information content (AvgIpc) is 2.62. The monoisotopic (exact) mass is 330 g/mol. The number of β-amino-alcohol motifs (C(OH)–C–C–N with tert-alkyl or cyclic N) is 1. The predicted octanol–water partition coefficient (Wildman–Crippen LogP) is 1.98. The van der Waals surface area contributed by atoms with Crippen LogP contribution in [0.3, 0.4) is 0 Å². The summed E-state index contributed by atoms with van der Waals surface area (Å²) in [6.07, 6.45) is 0.646. The first-order chi connectivity index (χ1) is 8.85. The lowest BCUT2D eigenvalue weighted by Crippen LogP contribution is -2.35. The highest BCUT2D eigenvalue weighted by Crippen LogP contribution is 2.21. The Hall–Kier alpha value is -0.980. The third-order valence-electron chi connectivity index (χ3n) is 3.10. The first kappa shape index (κ1) is 14.4. The van der Waals surface area contributed by atoms with Gasteiger partial charge in [-0.2, -0.15) is 0 Å². The molecule has 0 aliphatic carbocycles. The Kier molecular flexibility index (Phi) is 4.23. The quantitative estimate of drug-likeness (QED) is 0.891. The van der Waals surface area contributed by atoms with Crippen LogP contribution in [0.15, 0.2) is 22.7 Å². The number of likely N-dealkylation sites (tertiary alicyclic amines) is 1. The van der Waals surface area contributed by atoms with Crippen molar-refractivity contribution in [2.24, 2.45) is 0 Å². The minimum Gasteiger partial charge on any atom is -0.389 e. The normalized spacial score (nSPS) is 23.6. The molecule has 1 aromatic carbocycles. The van der Waals surface area contributed by atoms with Gasteiger partial charge in [-0.25, -0.2) is 4.39 Å². The Bertz CT molecular complexity index is 494. The topological polar surface area (TPSA) is 52.6 Å². The summed E-state index contributed by atoms with van der Waals surface area (Å²) >= 11 is 3.16. The summed E-state index contributed by atoms with van der Waals surface area (Å²) in [5.41, 5.74) is -0.567. The Balaban J connectivity index is 1.91. The molecule has 0 saturated carbocycles. The van der Waals surface area contributed by atoms with Gasteiger partial charge < -0.3 is 10.4 Å². The maximum absolute atomic E-state index is 13.5. The molecule has 104 valence electrons. The van der Waals surface area contributed by atoms with Crippen LogP contribution in [-0.2, 0) is 4.79 Å². The summed E-state index contributed by atoms with van der Waals surface area (Å²) in [5, 5.41) is 12.3. The second kappa shape index (κ2) is 5.56. The zero-order chi connectivity index (χ0) is 14.0. The molecule has 1 amide bonds. The van der Waals surface area contributed by atoms with Gasteiger partial charge in [-0.15, -0.1) is 0 Å². The zero-order valence-electron chi connectivity index (χ0n) is 10.6. The molecule has 0 aromatic heterocycles. The van der Waals surface area contributed by atoms with Crippen molar-refractivity contribution in [3.63, 3.8) is 0 Å². The molecule has 0 spiro atoms. The second-order valence-corrected chi connectivity index (χ2v) is 6.05. The molecule has 2 N–H and O–H groups in total. The number of carbonyl (C=O) groups is 1. The number of amides is 1. The summed E-state index contributed by atoms with van der Waals surface area (Å²) in [6, 6.07) is 4.48. The molecule has 0 bridgehead atoms. The Morgan fingerprint density at radius 3 is 2.95 bits per heavy atom. The molecule has 2 rings (SSSR count). The van der Waals surface area contributed by atoms with Gasteiger partial charge in [-0.3, -0.25) is 9.69 Å². The largest absolute Gasteiger partial charge is 0.389 e. The zero-order valence-corrected chi connectivity index (χ0v) is 12.2. The fourth-order valence-electron chi connectivity index (χ4n) is 2.16. The Labute approximate surface area is 119 Å². The number of nitrogens with zero attached hydrogens (tertiary/aromatic N) is 1. The summed E-state index contributed by atoms with van der Waals surface area (Å²) < 4.78 is 14.2. The van der Waals surface area contributed by atoms with Gasteiger partial charge in [0.15, 0.2) is 0 Å². The van der Waals surface area contributed by atoms with Gasteiger partial charge in [-0.1, -0.05) is 15.9 Å². The predicted molar refractivity (Wildman–Crippen MR) is 74.4 cm³/mol. The van der Waals surface area contributed by atoms with Gasteiger partial charge in [0.25, 0.3) is 0 Å². The van der Waals surface area contributed by atoms with Crippen LogP contribution in [0.2, 0.25) is 0 Å². The van der Waals surface area contributed by atoms with Crippen molar-refractivity contribution in [2.45, 2.75) is 18.9 Å². The van der Waals surface area contributed by atoms with Crippen LogP contribution in [-0.4, -0.2) is 41.1 Å². The van der Waals surface area contributed by atoms with E-state index in [-0.39, 0.29) is 18.1 Å². The number of carbonyl (C=O) groups excluding carboxylic acids is 1. The number of hydrogen-bond donors (Lipinski definition) is 2. The van der Waals surface area contributed by atoms with Gasteiger partial charge in [0.05, 0.1) is 17.8 Å². The minimum absolute atomic E-state index is 0.158. The summed E-state index contributed by atoms with van der Waals surface area (Å²) in [7, 11) is 0. The van der Waals surface area contributed by atoms with E-state index in [9.17, 15) is 14.3 Å². The van der Waals surface area contributed by atoms with Crippen molar-refractivity contribution in [2.75, 3.05) is 25.0 Å². The van der Waals surface area contributed by atoms with Crippen LogP contribution in [0.1, 0.15) is 13.3 Å². The molecule has 1 fully saturated rings. The molecule has 1 aliphatic rings. The fourth-order valence-corrected chi connectivity index (χ4v) is 2.49. The van der Waals surface area contributed by atoms with Crippen molar-refractivity contribution >= 4 is 27.5 Å². The molecule has 1 aromatic rings. The van der Waals surface area contributed by atoms with Gasteiger partial charge in [0.2, 0.25) is 5.91 Å². The number of anilines is 1. The maximum Gasteiger partial charge on any atom is 0.238 e. The molecular formula is C13H16BrFN2O2. The van der Waals surface area contributed by atoms with E-state index in [1.54, 1.807) is 13.0 Å². The van der Waals surface area contributed by atoms with Gasteiger partial charge in [0.1, 0.15) is 5.82 Å². The summed E-state index contributed by atoms with van der Waals surface area (Å²) in [6.45, 7) is 3.04. The average molecular weight is 331 g/mol. The van der Waals surface area contributed by atoms with Crippen molar-refractivity contribution in [1.29, 1.82) is 0 Å². The highest BCUT2D eigenvalue weighted by atomic mass is 79.9. The Morgan fingerprint density at radius 1 is 1.63 bits per heavy atom. The molecule has 19 heavy (non-hydrogen) atoms. The number of halogens is 2. The third-order valence-corrected chi connectivity index (χ3v) is 3.60. The standard InChI is InChI=1S/C13H16BrFN2O2/c1-13(19)4-5-17(8-13)7-12(18)16-11-3-2-9(14)6-10(11)15/h2-3,6,19H,4-5,7-8H2,1H3,(H,16,18). The van der Waals surface area contributed by atoms with E-state index in [1.807, 2.05) is 4.90 Å². The van der Waals surface area contributed by atoms with Crippen molar-refractivity contribution in [3.8, 4) is 0 Å². The van der Waals surface area contributed by atoms with Gasteiger partial charge in [0, 0.05) is 17.6 Å². The summed E-state index contributed by atoms with van der Waals surface area (Å²) in [4.78, 5) is 13.7. The molecule has 4 nitrogen and oxygen atoms in total.